The van der Waals surface area contributed by atoms with E-state index in [0.717, 1.165) is 0 Å². The summed E-state index contributed by atoms with van der Waals surface area (Å²) in [5, 5.41) is 13.3. The van der Waals surface area contributed by atoms with Crippen molar-refractivity contribution >= 4 is 29.1 Å². The molecule has 0 aliphatic carbocycles. The Labute approximate surface area is 135 Å². The molecule has 0 saturated carbocycles. The van der Waals surface area contributed by atoms with Gasteiger partial charge in [0.1, 0.15) is 0 Å². The molecule has 10 nitrogen and oxygen atoms in total. The largest absolute Gasteiger partial charge is 0.451 e. The molecule has 1 aromatic heterocycles. The van der Waals surface area contributed by atoms with E-state index < -0.39 is 23.4 Å². The Morgan fingerprint density at radius 2 is 2.04 bits per heavy atom. The van der Waals surface area contributed by atoms with Gasteiger partial charge in [0.15, 0.2) is 18.1 Å². The van der Waals surface area contributed by atoms with Crippen molar-refractivity contribution in [3.8, 4) is 0 Å². The van der Waals surface area contributed by atoms with Crippen LogP contribution in [0.2, 0.25) is 0 Å². The van der Waals surface area contributed by atoms with Crippen LogP contribution in [0.15, 0.2) is 30.6 Å². The number of aromatic nitrogens is 2. The number of nitrogens with one attached hydrogen (secondary N) is 1. The monoisotopic (exact) mass is 331 g/mol. The predicted molar refractivity (Wildman–Crippen MR) is 83.2 cm³/mol. The molecule has 2 rings (SSSR count). The van der Waals surface area contributed by atoms with Gasteiger partial charge in [-0.2, -0.15) is 0 Å². The first-order valence-electron chi connectivity index (χ1n) is 6.67. The topological polar surface area (TPSA) is 150 Å². The lowest BCUT2D eigenvalue weighted by Crippen LogP contribution is -2.22. The third kappa shape index (κ3) is 3.80. The smallest absolute Gasteiger partial charge is 0.361 e. The first-order valence-corrected chi connectivity index (χ1v) is 6.67. The van der Waals surface area contributed by atoms with Gasteiger partial charge in [0.05, 0.1) is 16.2 Å². The second-order valence-electron chi connectivity index (χ2n) is 4.62. The number of esters is 1. The van der Waals surface area contributed by atoms with Gasteiger partial charge < -0.3 is 15.8 Å². The molecule has 1 amide bonds. The van der Waals surface area contributed by atoms with Crippen molar-refractivity contribution < 1.29 is 19.2 Å². The van der Waals surface area contributed by atoms with Gasteiger partial charge in [0.25, 0.3) is 11.6 Å². The molecule has 0 aliphatic heterocycles. The molecule has 1 heterocycles. The molecule has 124 valence electrons. The predicted octanol–water partition coefficient (Wildman–Crippen LogP) is 1.07. The fraction of sp³-hybridized carbons (Fsp3) is 0.143. The number of hydrogen-bond acceptors (Lipinski definition) is 8. The van der Waals surface area contributed by atoms with Crippen LogP contribution in [0.4, 0.5) is 17.2 Å². The zero-order valence-corrected chi connectivity index (χ0v) is 12.6. The molecule has 0 radical (unpaired) electrons. The van der Waals surface area contributed by atoms with Crippen LogP contribution < -0.4 is 11.1 Å². The van der Waals surface area contributed by atoms with Crippen LogP contribution in [0.1, 0.15) is 16.1 Å². The van der Waals surface area contributed by atoms with Gasteiger partial charge in [-0.3, -0.25) is 14.9 Å². The second kappa shape index (κ2) is 7.13. The number of benzene rings is 1. The highest BCUT2D eigenvalue weighted by atomic mass is 16.6. The van der Waals surface area contributed by atoms with E-state index in [1.54, 1.807) is 0 Å². The Balaban J connectivity index is 2.00. The number of nitro groups is 1. The highest BCUT2D eigenvalue weighted by Crippen LogP contribution is 2.24. The number of ether oxygens (including phenoxy) is 1. The average Bonchev–Trinajstić information content (AvgIpc) is 2.54. The molecule has 24 heavy (non-hydrogen) atoms. The van der Waals surface area contributed by atoms with Crippen LogP contribution >= 0.6 is 0 Å². The van der Waals surface area contributed by atoms with E-state index in [4.69, 9.17) is 10.5 Å². The Bertz CT molecular complexity index is 808. The summed E-state index contributed by atoms with van der Waals surface area (Å²) >= 11 is 0. The Hall–Kier alpha value is -3.56. The molecule has 0 spiro atoms. The van der Waals surface area contributed by atoms with Gasteiger partial charge in [0.2, 0.25) is 0 Å². The standard InChI is InChI=1S/C14H13N5O5/c1-8-9(3-2-4-10(8)19(22)23)18-11(20)7-24-14(21)12-13(15)17-6-5-16-12/h2-6H,7H2,1H3,(H2,15,17)(H,18,20). The Kier molecular flexibility index (Phi) is 5.00. The first-order chi connectivity index (χ1) is 11.4. The van der Waals surface area contributed by atoms with Crippen molar-refractivity contribution in [1.82, 2.24) is 9.97 Å². The Morgan fingerprint density at radius 3 is 2.71 bits per heavy atom. The number of nitrogens with zero attached hydrogens (tertiary/aromatic N) is 3. The molecule has 2 aromatic rings. The lowest BCUT2D eigenvalue weighted by Gasteiger charge is -2.09. The fourth-order valence-electron chi connectivity index (χ4n) is 1.85. The summed E-state index contributed by atoms with van der Waals surface area (Å²) < 4.78 is 4.79. The van der Waals surface area contributed by atoms with Crippen molar-refractivity contribution in [1.29, 1.82) is 0 Å². The summed E-state index contributed by atoms with van der Waals surface area (Å²) in [6.45, 7) is 0.900. The minimum absolute atomic E-state index is 0.113. The van der Waals surface area contributed by atoms with Crippen LogP contribution in [0.5, 0.6) is 0 Å². The van der Waals surface area contributed by atoms with Crippen molar-refractivity contribution in [2.45, 2.75) is 6.92 Å². The van der Waals surface area contributed by atoms with Crippen LogP contribution in [-0.2, 0) is 9.53 Å². The van der Waals surface area contributed by atoms with Crippen LogP contribution in [0, 0.1) is 17.0 Å². The fourth-order valence-corrected chi connectivity index (χ4v) is 1.85. The van der Waals surface area contributed by atoms with Crippen molar-refractivity contribution in [3.05, 3.63) is 52.0 Å². The zero-order chi connectivity index (χ0) is 17.7. The summed E-state index contributed by atoms with van der Waals surface area (Å²) in [7, 11) is 0. The van der Waals surface area contributed by atoms with Gasteiger partial charge in [0, 0.05) is 18.5 Å². The highest BCUT2D eigenvalue weighted by Gasteiger charge is 2.17. The maximum Gasteiger partial charge on any atom is 0.361 e. The van der Waals surface area contributed by atoms with Gasteiger partial charge >= 0.3 is 5.97 Å². The number of nitrogens with two attached hydrogens (primary N) is 1. The zero-order valence-electron chi connectivity index (χ0n) is 12.6. The van der Waals surface area contributed by atoms with Gasteiger partial charge in [-0.25, -0.2) is 14.8 Å². The number of anilines is 2. The summed E-state index contributed by atoms with van der Waals surface area (Å²) in [5.41, 5.74) is 5.70. The number of carbonyl (C=O) groups excluding carboxylic acids is 2. The van der Waals surface area contributed by atoms with Gasteiger partial charge in [-0.1, -0.05) is 6.07 Å². The summed E-state index contributed by atoms with van der Waals surface area (Å²) in [6.07, 6.45) is 2.57. The molecule has 0 fully saturated rings. The summed E-state index contributed by atoms with van der Waals surface area (Å²) in [5.74, 6) is -1.67. The molecular formula is C14H13N5O5. The Morgan fingerprint density at radius 1 is 1.33 bits per heavy atom. The van der Waals surface area contributed by atoms with Crippen molar-refractivity contribution in [2.24, 2.45) is 0 Å². The highest BCUT2D eigenvalue weighted by molar-refractivity contribution is 5.97. The molecule has 1 aromatic carbocycles. The summed E-state index contributed by atoms with van der Waals surface area (Å²) in [6, 6.07) is 4.26. The number of amides is 1. The first kappa shape index (κ1) is 16.8. The minimum atomic E-state index is -0.897. The molecule has 3 N–H and O–H groups in total. The van der Waals surface area contributed by atoms with E-state index in [-0.39, 0.29) is 22.9 Å². The number of carbonyl (C=O) groups is 2. The molecule has 10 heteroatoms. The van der Waals surface area contributed by atoms with Crippen LogP contribution in [0.25, 0.3) is 0 Å². The second-order valence-corrected chi connectivity index (χ2v) is 4.62. The van der Waals surface area contributed by atoms with E-state index in [1.165, 1.54) is 37.5 Å². The summed E-state index contributed by atoms with van der Waals surface area (Å²) in [4.78, 5) is 41.3. The number of hydrogen-bond donors (Lipinski definition) is 2. The molecular weight excluding hydrogens is 318 g/mol. The lowest BCUT2D eigenvalue weighted by atomic mass is 10.1. The van der Waals surface area contributed by atoms with Crippen molar-refractivity contribution in [2.75, 3.05) is 17.7 Å². The van der Waals surface area contributed by atoms with E-state index >= 15 is 0 Å². The van der Waals surface area contributed by atoms with E-state index in [1.807, 2.05) is 0 Å². The molecule has 0 atom stereocenters. The van der Waals surface area contributed by atoms with Gasteiger partial charge in [-0.15, -0.1) is 0 Å². The number of nitro benzene ring substituents is 1. The normalized spacial score (nSPS) is 10.0. The number of nitrogen functional groups attached to an aromatic ring is 1. The maximum absolute atomic E-state index is 11.8. The van der Waals surface area contributed by atoms with E-state index in [2.05, 4.69) is 15.3 Å². The third-order valence-electron chi connectivity index (χ3n) is 3.03. The molecule has 0 bridgehead atoms. The number of rotatable bonds is 5. The van der Waals surface area contributed by atoms with Crippen LogP contribution in [0.3, 0.4) is 0 Å². The minimum Gasteiger partial charge on any atom is -0.451 e. The maximum atomic E-state index is 11.8. The average molecular weight is 331 g/mol. The lowest BCUT2D eigenvalue weighted by molar-refractivity contribution is -0.385. The SMILES string of the molecule is Cc1c(NC(=O)COC(=O)c2nccnc2N)cccc1[N+](=O)[O-]. The van der Waals surface area contributed by atoms with E-state index in [0.29, 0.717) is 5.56 Å². The quantitative estimate of drug-likeness (QED) is 0.469. The van der Waals surface area contributed by atoms with Crippen molar-refractivity contribution in [3.63, 3.8) is 0 Å². The molecule has 0 aliphatic rings. The van der Waals surface area contributed by atoms with Gasteiger partial charge in [-0.05, 0) is 13.0 Å². The van der Waals surface area contributed by atoms with Crippen LogP contribution in [-0.4, -0.2) is 33.4 Å². The van der Waals surface area contributed by atoms with E-state index in [9.17, 15) is 19.7 Å². The third-order valence-corrected chi connectivity index (χ3v) is 3.03. The molecule has 0 unspecified atom stereocenters. The molecule has 0 saturated heterocycles.